The Balaban J connectivity index is 1.97. The van der Waals surface area contributed by atoms with E-state index in [-0.39, 0.29) is 16.4 Å². The van der Waals surface area contributed by atoms with Gasteiger partial charge in [0.1, 0.15) is 0 Å². The fourth-order valence-electron chi connectivity index (χ4n) is 2.26. The Kier molecular flexibility index (Phi) is 7.08. The average molecular weight is 419 g/mol. The van der Waals surface area contributed by atoms with Crippen LogP contribution in [0.3, 0.4) is 0 Å². The van der Waals surface area contributed by atoms with E-state index in [4.69, 9.17) is 4.74 Å². The van der Waals surface area contributed by atoms with Gasteiger partial charge in [-0.1, -0.05) is 6.07 Å². The Morgan fingerprint density at radius 1 is 1.00 bits per heavy atom. The number of amides is 2. The summed E-state index contributed by atoms with van der Waals surface area (Å²) in [6, 6.07) is 11.5. The third kappa shape index (κ3) is 5.62. The van der Waals surface area contributed by atoms with Crippen molar-refractivity contribution in [2.24, 2.45) is 0 Å². The fraction of sp³-hybridized carbons (Fsp3) is 0.211. The van der Waals surface area contributed by atoms with Crippen LogP contribution in [0.5, 0.6) is 0 Å². The third-order valence-corrected chi connectivity index (χ3v) is 5.65. The van der Waals surface area contributed by atoms with Gasteiger partial charge in [-0.3, -0.25) is 9.59 Å². The maximum atomic E-state index is 12.1. The average Bonchev–Trinajstić information content (AvgIpc) is 2.72. The minimum absolute atomic E-state index is 0.00987. The topological polar surface area (TPSA) is 122 Å². The molecule has 0 aliphatic carbocycles. The summed E-state index contributed by atoms with van der Waals surface area (Å²) in [5.41, 5.74) is 0.873. The van der Waals surface area contributed by atoms with E-state index in [1.165, 1.54) is 57.5 Å². The molecule has 0 unspecified atom stereocenters. The van der Waals surface area contributed by atoms with Gasteiger partial charge < -0.3 is 15.4 Å². The minimum Gasteiger partial charge on any atom is -0.452 e. The molecule has 0 saturated heterocycles. The molecule has 2 aromatic carbocycles. The predicted octanol–water partition coefficient (Wildman–Crippen LogP) is 1.09. The fourth-order valence-corrected chi connectivity index (χ4v) is 3.20. The summed E-state index contributed by atoms with van der Waals surface area (Å²) in [5, 5.41) is 5.02. The second-order valence-electron chi connectivity index (χ2n) is 6.10. The Morgan fingerprint density at radius 2 is 1.66 bits per heavy atom. The molecule has 9 nitrogen and oxygen atoms in total. The van der Waals surface area contributed by atoms with Gasteiger partial charge in [0.25, 0.3) is 11.8 Å². The van der Waals surface area contributed by atoms with Gasteiger partial charge in [0.2, 0.25) is 10.0 Å². The van der Waals surface area contributed by atoms with Crippen molar-refractivity contribution in [1.82, 2.24) is 9.62 Å². The van der Waals surface area contributed by atoms with Gasteiger partial charge >= 0.3 is 5.97 Å². The highest BCUT2D eigenvalue weighted by molar-refractivity contribution is 7.89. The maximum Gasteiger partial charge on any atom is 0.338 e. The summed E-state index contributed by atoms with van der Waals surface area (Å²) < 4.78 is 30.3. The number of carbonyl (C=O) groups excluding carboxylic acids is 3. The summed E-state index contributed by atoms with van der Waals surface area (Å²) in [6.45, 7) is -0.555. The summed E-state index contributed by atoms with van der Waals surface area (Å²) in [6.07, 6.45) is 0. The van der Waals surface area contributed by atoms with E-state index in [9.17, 15) is 22.8 Å². The standard InChI is InChI=1S/C19H21N3O6S/c1-20-18(24)13-7-9-15(10-8-13)21-17(23)12-28-19(25)14-5-4-6-16(11-14)29(26,27)22(2)3/h4-11H,12H2,1-3H3,(H,20,24)(H,21,23). The van der Waals surface area contributed by atoms with Crippen molar-refractivity contribution in [3.05, 3.63) is 59.7 Å². The van der Waals surface area contributed by atoms with E-state index >= 15 is 0 Å². The third-order valence-electron chi connectivity index (χ3n) is 3.84. The van der Waals surface area contributed by atoms with Crippen LogP contribution >= 0.6 is 0 Å². The van der Waals surface area contributed by atoms with Crippen molar-refractivity contribution >= 4 is 33.5 Å². The molecule has 0 atom stereocenters. The Labute approximate surface area is 168 Å². The Bertz CT molecular complexity index is 1020. The van der Waals surface area contributed by atoms with Crippen molar-refractivity contribution in [2.45, 2.75) is 4.90 Å². The van der Waals surface area contributed by atoms with Crippen molar-refractivity contribution in [2.75, 3.05) is 33.1 Å². The molecule has 0 aromatic heterocycles. The van der Waals surface area contributed by atoms with E-state index in [2.05, 4.69) is 10.6 Å². The van der Waals surface area contributed by atoms with Crippen molar-refractivity contribution < 1.29 is 27.5 Å². The molecule has 0 fully saturated rings. The number of esters is 1. The lowest BCUT2D eigenvalue weighted by molar-refractivity contribution is -0.119. The zero-order valence-corrected chi connectivity index (χ0v) is 16.9. The second kappa shape index (κ2) is 9.30. The highest BCUT2D eigenvalue weighted by atomic mass is 32.2. The number of sulfonamides is 1. The number of carbonyl (C=O) groups is 3. The Morgan fingerprint density at radius 3 is 2.24 bits per heavy atom. The Hall–Kier alpha value is -3.24. The van der Waals surface area contributed by atoms with Crippen LogP contribution < -0.4 is 10.6 Å². The predicted molar refractivity (Wildman–Crippen MR) is 106 cm³/mol. The van der Waals surface area contributed by atoms with Crippen LogP contribution in [-0.4, -0.2) is 58.3 Å². The number of rotatable bonds is 7. The van der Waals surface area contributed by atoms with Gasteiger partial charge in [0.05, 0.1) is 10.5 Å². The molecule has 2 rings (SSSR count). The van der Waals surface area contributed by atoms with E-state index in [0.29, 0.717) is 11.3 Å². The molecule has 154 valence electrons. The normalized spacial score (nSPS) is 11.0. The van der Waals surface area contributed by atoms with Crippen LogP contribution in [0.2, 0.25) is 0 Å². The number of anilines is 1. The van der Waals surface area contributed by atoms with Crippen LogP contribution in [0.15, 0.2) is 53.4 Å². The van der Waals surface area contributed by atoms with E-state index < -0.39 is 28.5 Å². The summed E-state index contributed by atoms with van der Waals surface area (Å²) in [4.78, 5) is 35.5. The van der Waals surface area contributed by atoms with Crippen LogP contribution in [0.4, 0.5) is 5.69 Å². The summed E-state index contributed by atoms with van der Waals surface area (Å²) >= 11 is 0. The van der Waals surface area contributed by atoms with Crippen LogP contribution in [0.1, 0.15) is 20.7 Å². The maximum absolute atomic E-state index is 12.1. The first-order valence-electron chi connectivity index (χ1n) is 8.47. The van der Waals surface area contributed by atoms with Gasteiger partial charge in [0, 0.05) is 32.4 Å². The van der Waals surface area contributed by atoms with Gasteiger partial charge in [-0.2, -0.15) is 0 Å². The molecule has 0 spiro atoms. The SMILES string of the molecule is CNC(=O)c1ccc(NC(=O)COC(=O)c2cccc(S(=O)(=O)N(C)C)c2)cc1. The summed E-state index contributed by atoms with van der Waals surface area (Å²) in [5.74, 6) is -1.66. The summed E-state index contributed by atoms with van der Waals surface area (Å²) in [7, 11) is 0.575. The molecular weight excluding hydrogens is 398 g/mol. The molecule has 0 radical (unpaired) electrons. The molecule has 2 N–H and O–H groups in total. The lowest BCUT2D eigenvalue weighted by atomic mass is 10.2. The molecule has 0 saturated carbocycles. The molecule has 0 heterocycles. The number of ether oxygens (including phenoxy) is 1. The highest BCUT2D eigenvalue weighted by Gasteiger charge is 2.19. The van der Waals surface area contributed by atoms with Crippen LogP contribution in [0.25, 0.3) is 0 Å². The lowest BCUT2D eigenvalue weighted by Crippen LogP contribution is -2.23. The minimum atomic E-state index is -3.70. The number of nitrogens with zero attached hydrogens (tertiary/aromatic N) is 1. The van der Waals surface area contributed by atoms with Gasteiger partial charge in [-0.25, -0.2) is 17.5 Å². The molecule has 0 aliphatic rings. The zero-order valence-electron chi connectivity index (χ0n) is 16.1. The first-order chi connectivity index (χ1) is 13.6. The number of hydrogen-bond donors (Lipinski definition) is 2. The van der Waals surface area contributed by atoms with Gasteiger partial charge in [0.15, 0.2) is 6.61 Å². The first-order valence-corrected chi connectivity index (χ1v) is 9.91. The molecule has 2 amide bonds. The second-order valence-corrected chi connectivity index (χ2v) is 8.25. The van der Waals surface area contributed by atoms with Gasteiger partial charge in [-0.15, -0.1) is 0 Å². The van der Waals surface area contributed by atoms with Crippen LogP contribution in [0, 0.1) is 0 Å². The van der Waals surface area contributed by atoms with Crippen molar-refractivity contribution in [1.29, 1.82) is 0 Å². The molecule has 0 aliphatic heterocycles. The zero-order chi connectivity index (χ0) is 21.6. The quantitative estimate of drug-likeness (QED) is 0.648. The number of benzene rings is 2. The highest BCUT2D eigenvalue weighted by Crippen LogP contribution is 2.15. The largest absolute Gasteiger partial charge is 0.452 e. The first kappa shape index (κ1) is 22.1. The molecular formula is C19H21N3O6S. The van der Waals surface area contributed by atoms with Crippen molar-refractivity contribution in [3.63, 3.8) is 0 Å². The monoisotopic (exact) mass is 419 g/mol. The molecule has 10 heteroatoms. The van der Waals surface area contributed by atoms with E-state index in [1.807, 2.05) is 0 Å². The molecule has 0 bridgehead atoms. The number of hydrogen-bond acceptors (Lipinski definition) is 6. The smallest absolute Gasteiger partial charge is 0.338 e. The van der Waals surface area contributed by atoms with Gasteiger partial charge in [-0.05, 0) is 42.5 Å². The van der Waals surface area contributed by atoms with Crippen molar-refractivity contribution in [3.8, 4) is 0 Å². The van der Waals surface area contributed by atoms with E-state index in [0.717, 1.165) is 4.31 Å². The molecule has 29 heavy (non-hydrogen) atoms. The van der Waals surface area contributed by atoms with Crippen LogP contribution in [-0.2, 0) is 19.6 Å². The number of nitrogens with one attached hydrogen (secondary N) is 2. The lowest BCUT2D eigenvalue weighted by Gasteiger charge is -2.12. The van der Waals surface area contributed by atoms with E-state index in [1.54, 1.807) is 12.1 Å². The molecule has 2 aromatic rings.